The lowest BCUT2D eigenvalue weighted by Gasteiger charge is -2.08. The maximum Gasteiger partial charge on any atom is 0.148 e. The van der Waals surface area contributed by atoms with Gasteiger partial charge in [-0.25, -0.2) is 8.42 Å². The molecular weight excluding hydrogens is 346 g/mol. The summed E-state index contributed by atoms with van der Waals surface area (Å²) >= 11 is 5.13. The van der Waals surface area contributed by atoms with Crippen LogP contribution in [-0.2, 0) is 16.4 Å². The highest BCUT2D eigenvalue weighted by atomic mass is 79.9. The maximum absolute atomic E-state index is 11.1. The smallest absolute Gasteiger partial charge is 0.148 e. The van der Waals surface area contributed by atoms with Gasteiger partial charge in [0.2, 0.25) is 0 Å². The average molecular weight is 366 g/mol. The SMILES string of the molecule is CCCNCc1ccc(SCCS(C)(=O)=O)cc1Br. The predicted octanol–water partition coefficient (Wildman–Crippen LogP) is 3.09. The standard InChI is InChI=1S/C13H20BrNO2S2/c1-3-6-15-10-11-4-5-12(9-13(11)14)18-7-8-19(2,16)17/h4-5,9,15H,3,6-8,10H2,1-2H3. The third-order valence-corrected chi connectivity index (χ3v) is 5.43. The summed E-state index contributed by atoms with van der Waals surface area (Å²) in [4.78, 5) is 1.09. The van der Waals surface area contributed by atoms with Crippen LogP contribution in [0.2, 0.25) is 0 Å². The largest absolute Gasteiger partial charge is 0.313 e. The molecular formula is C13H20BrNO2S2. The van der Waals surface area contributed by atoms with E-state index in [-0.39, 0.29) is 5.75 Å². The third-order valence-electron chi connectivity index (χ3n) is 2.49. The minimum Gasteiger partial charge on any atom is -0.313 e. The van der Waals surface area contributed by atoms with Crippen LogP contribution in [0.25, 0.3) is 0 Å². The van der Waals surface area contributed by atoms with Crippen molar-refractivity contribution in [3.05, 3.63) is 28.2 Å². The molecule has 0 bridgehead atoms. The van der Waals surface area contributed by atoms with Crippen LogP contribution in [0.4, 0.5) is 0 Å². The second kappa shape index (κ2) is 8.29. The van der Waals surface area contributed by atoms with E-state index in [0.717, 1.165) is 28.9 Å². The number of hydrogen-bond acceptors (Lipinski definition) is 4. The van der Waals surface area contributed by atoms with Gasteiger partial charge < -0.3 is 5.32 Å². The molecule has 0 spiro atoms. The molecule has 0 aliphatic carbocycles. The third kappa shape index (κ3) is 7.34. The number of hydrogen-bond donors (Lipinski definition) is 1. The van der Waals surface area contributed by atoms with Gasteiger partial charge in [0.05, 0.1) is 5.75 Å². The Morgan fingerprint density at radius 2 is 2.11 bits per heavy atom. The first-order valence-electron chi connectivity index (χ1n) is 6.22. The van der Waals surface area contributed by atoms with Gasteiger partial charge in [0, 0.05) is 27.9 Å². The molecule has 0 aromatic heterocycles. The van der Waals surface area contributed by atoms with Crippen molar-refractivity contribution in [2.45, 2.75) is 24.8 Å². The van der Waals surface area contributed by atoms with Crippen LogP contribution >= 0.6 is 27.7 Å². The number of halogens is 1. The van der Waals surface area contributed by atoms with Crippen LogP contribution in [0.15, 0.2) is 27.6 Å². The summed E-state index contributed by atoms with van der Waals surface area (Å²) in [5.74, 6) is 0.813. The maximum atomic E-state index is 11.1. The lowest BCUT2D eigenvalue weighted by atomic mass is 10.2. The first kappa shape index (κ1) is 17.0. The Hall–Kier alpha value is -0.0400. The number of benzene rings is 1. The van der Waals surface area contributed by atoms with Crippen molar-refractivity contribution in [2.75, 3.05) is 24.3 Å². The highest BCUT2D eigenvalue weighted by molar-refractivity contribution is 9.10. The Bertz CT molecular complexity index is 503. The van der Waals surface area contributed by atoms with E-state index in [0.29, 0.717) is 5.75 Å². The molecule has 1 rings (SSSR count). The van der Waals surface area contributed by atoms with E-state index in [1.54, 1.807) is 11.8 Å². The summed E-state index contributed by atoms with van der Waals surface area (Å²) in [6.07, 6.45) is 2.39. The lowest BCUT2D eigenvalue weighted by molar-refractivity contribution is 0.603. The second-order valence-corrected chi connectivity index (χ2v) is 8.69. The first-order valence-corrected chi connectivity index (χ1v) is 10.1. The molecule has 3 nitrogen and oxygen atoms in total. The summed E-state index contributed by atoms with van der Waals surface area (Å²) in [5.41, 5.74) is 1.22. The quantitative estimate of drug-likeness (QED) is 0.567. The molecule has 0 amide bonds. The van der Waals surface area contributed by atoms with Gasteiger partial charge >= 0.3 is 0 Å². The van der Waals surface area contributed by atoms with E-state index in [9.17, 15) is 8.42 Å². The van der Waals surface area contributed by atoms with E-state index in [4.69, 9.17) is 0 Å². The van der Waals surface area contributed by atoms with Gasteiger partial charge in [-0.15, -0.1) is 11.8 Å². The summed E-state index contributed by atoms with van der Waals surface area (Å²) in [6.45, 7) is 4.00. The molecule has 1 aromatic rings. The molecule has 1 aromatic carbocycles. The molecule has 0 saturated heterocycles. The summed E-state index contributed by atoms with van der Waals surface area (Å²) in [6, 6.07) is 6.17. The molecule has 0 aliphatic heterocycles. The van der Waals surface area contributed by atoms with Gasteiger partial charge in [-0.1, -0.05) is 28.9 Å². The van der Waals surface area contributed by atoms with Crippen molar-refractivity contribution in [1.82, 2.24) is 5.32 Å². The monoisotopic (exact) mass is 365 g/mol. The minimum absolute atomic E-state index is 0.217. The molecule has 0 unspecified atom stereocenters. The normalized spacial score (nSPS) is 11.7. The van der Waals surface area contributed by atoms with Crippen LogP contribution in [0.5, 0.6) is 0 Å². The Kier molecular flexibility index (Phi) is 7.42. The molecule has 1 N–H and O–H groups in total. The molecule has 6 heteroatoms. The van der Waals surface area contributed by atoms with Crippen LogP contribution in [-0.4, -0.2) is 32.7 Å². The summed E-state index contributed by atoms with van der Waals surface area (Å²) < 4.78 is 23.2. The van der Waals surface area contributed by atoms with Gasteiger partial charge in [-0.05, 0) is 30.7 Å². The van der Waals surface area contributed by atoms with Crippen molar-refractivity contribution in [2.24, 2.45) is 0 Å². The van der Waals surface area contributed by atoms with E-state index < -0.39 is 9.84 Å². The Morgan fingerprint density at radius 1 is 1.37 bits per heavy atom. The number of rotatable bonds is 8. The fraction of sp³-hybridized carbons (Fsp3) is 0.538. The van der Waals surface area contributed by atoms with Crippen molar-refractivity contribution >= 4 is 37.5 Å². The Labute approximate surface area is 128 Å². The van der Waals surface area contributed by atoms with Crippen LogP contribution in [0.3, 0.4) is 0 Å². The van der Waals surface area contributed by atoms with Crippen molar-refractivity contribution in [3.8, 4) is 0 Å². The number of sulfone groups is 1. The fourth-order valence-corrected chi connectivity index (χ4v) is 4.29. The fourth-order valence-electron chi connectivity index (χ4n) is 1.47. The minimum atomic E-state index is -2.87. The zero-order chi connectivity index (χ0) is 14.3. The molecule has 0 aliphatic rings. The molecule has 19 heavy (non-hydrogen) atoms. The molecule has 0 atom stereocenters. The van der Waals surface area contributed by atoms with Gasteiger partial charge in [0.25, 0.3) is 0 Å². The van der Waals surface area contributed by atoms with Crippen molar-refractivity contribution in [1.29, 1.82) is 0 Å². The molecule has 0 radical (unpaired) electrons. The number of nitrogens with one attached hydrogen (secondary N) is 1. The van der Waals surface area contributed by atoms with Crippen LogP contribution in [0, 0.1) is 0 Å². The first-order chi connectivity index (χ1) is 8.92. The summed E-state index contributed by atoms with van der Waals surface area (Å²) in [5, 5.41) is 3.36. The zero-order valence-corrected chi connectivity index (χ0v) is 14.5. The van der Waals surface area contributed by atoms with E-state index in [1.807, 2.05) is 6.07 Å². The highest BCUT2D eigenvalue weighted by Gasteiger charge is 2.05. The van der Waals surface area contributed by atoms with Crippen molar-refractivity contribution < 1.29 is 8.42 Å². The Balaban J connectivity index is 2.51. The molecule has 0 fully saturated rings. The average Bonchev–Trinajstić information content (AvgIpc) is 2.30. The van der Waals surface area contributed by atoms with Crippen LogP contribution < -0.4 is 5.32 Å². The molecule has 0 heterocycles. The van der Waals surface area contributed by atoms with E-state index >= 15 is 0 Å². The van der Waals surface area contributed by atoms with E-state index in [1.165, 1.54) is 11.8 Å². The summed E-state index contributed by atoms with van der Waals surface area (Å²) in [7, 11) is -2.87. The van der Waals surface area contributed by atoms with Crippen LogP contribution in [0.1, 0.15) is 18.9 Å². The molecule has 108 valence electrons. The number of thioether (sulfide) groups is 1. The lowest BCUT2D eigenvalue weighted by Crippen LogP contribution is -2.14. The predicted molar refractivity (Wildman–Crippen MR) is 86.6 cm³/mol. The Morgan fingerprint density at radius 3 is 2.68 bits per heavy atom. The van der Waals surface area contributed by atoms with Gasteiger partial charge in [0.1, 0.15) is 9.84 Å². The second-order valence-electron chi connectivity index (χ2n) is 4.41. The van der Waals surface area contributed by atoms with Gasteiger partial charge in [-0.2, -0.15) is 0 Å². The van der Waals surface area contributed by atoms with Gasteiger partial charge in [-0.3, -0.25) is 0 Å². The highest BCUT2D eigenvalue weighted by Crippen LogP contribution is 2.25. The molecule has 0 saturated carbocycles. The van der Waals surface area contributed by atoms with Crippen molar-refractivity contribution in [3.63, 3.8) is 0 Å². The topological polar surface area (TPSA) is 46.2 Å². The zero-order valence-electron chi connectivity index (χ0n) is 11.3. The van der Waals surface area contributed by atoms with E-state index in [2.05, 4.69) is 40.3 Å². The van der Waals surface area contributed by atoms with Gasteiger partial charge in [0.15, 0.2) is 0 Å².